The summed E-state index contributed by atoms with van der Waals surface area (Å²) in [7, 11) is 1.92. The number of pyridine rings is 1. The zero-order valence-electron chi connectivity index (χ0n) is 20.4. The third-order valence-corrected chi connectivity index (χ3v) is 6.76. The van der Waals surface area contributed by atoms with Gasteiger partial charge in [-0.15, -0.1) is 0 Å². The molecular formula is C30H33ClN2O2. The van der Waals surface area contributed by atoms with E-state index >= 15 is 0 Å². The van der Waals surface area contributed by atoms with Crippen LogP contribution in [0.15, 0.2) is 84.9 Å². The first-order valence-electron chi connectivity index (χ1n) is 12.2. The van der Waals surface area contributed by atoms with Crippen LogP contribution in [-0.4, -0.2) is 35.9 Å². The average Bonchev–Trinajstić information content (AvgIpc) is 2.88. The van der Waals surface area contributed by atoms with Gasteiger partial charge in [0.1, 0.15) is 0 Å². The highest BCUT2D eigenvalue weighted by Gasteiger charge is 2.40. The number of halogens is 1. The summed E-state index contributed by atoms with van der Waals surface area (Å²) in [5, 5.41) is 17.3. The fourth-order valence-electron chi connectivity index (χ4n) is 4.79. The van der Waals surface area contributed by atoms with Crippen molar-refractivity contribution >= 4 is 22.5 Å². The molecule has 35 heavy (non-hydrogen) atoms. The molecule has 2 N–H and O–H groups in total. The fourth-order valence-corrected chi connectivity index (χ4v) is 4.97. The minimum absolute atomic E-state index is 0.335. The van der Waals surface area contributed by atoms with Gasteiger partial charge in [0.05, 0.1) is 17.7 Å². The molecule has 0 saturated carbocycles. The topological polar surface area (TPSA) is 54.4 Å². The average molecular weight is 489 g/mol. The first-order chi connectivity index (χ1) is 17.0. The summed E-state index contributed by atoms with van der Waals surface area (Å²) in [6.07, 6.45) is 1.94. The lowest BCUT2D eigenvalue weighted by Crippen LogP contribution is -2.40. The second kappa shape index (κ2) is 11.7. The molecular weight excluding hydrogens is 456 g/mol. The van der Waals surface area contributed by atoms with Crippen molar-refractivity contribution in [1.29, 1.82) is 0 Å². The molecule has 0 aliphatic heterocycles. The molecule has 4 nitrogen and oxygen atoms in total. The summed E-state index contributed by atoms with van der Waals surface area (Å²) >= 11 is 6.33. The number of rotatable bonds is 11. The molecule has 5 heteroatoms. The van der Waals surface area contributed by atoms with Gasteiger partial charge in [-0.1, -0.05) is 72.3 Å². The van der Waals surface area contributed by atoms with Crippen LogP contribution in [0.4, 0.5) is 0 Å². The second-order valence-electron chi connectivity index (χ2n) is 8.94. The number of aryl methyl sites for hydroxylation is 1. The number of ether oxygens (including phenoxy) is 1. The number of aromatic nitrogens is 1. The lowest BCUT2D eigenvalue weighted by molar-refractivity contribution is 0.00680. The monoisotopic (exact) mass is 488 g/mol. The molecule has 4 aromatic rings. The molecule has 0 radical (unpaired) electrons. The van der Waals surface area contributed by atoms with Gasteiger partial charge in [0, 0.05) is 21.9 Å². The SMILES string of the molecule is CCOc1nc2ccc(Cl)cc2cc1C(c1ccccc1)C(O)(CCNC)CCc1ccccc1. The molecule has 2 unspecified atom stereocenters. The van der Waals surface area contributed by atoms with Gasteiger partial charge >= 0.3 is 0 Å². The summed E-state index contributed by atoms with van der Waals surface area (Å²) in [5.74, 6) is 0.219. The molecule has 0 fully saturated rings. The van der Waals surface area contributed by atoms with Gasteiger partial charge in [-0.2, -0.15) is 0 Å². The van der Waals surface area contributed by atoms with Crippen LogP contribution in [0.3, 0.4) is 0 Å². The Bertz CT molecular complexity index is 1230. The predicted octanol–water partition coefficient (Wildman–Crippen LogP) is 6.39. The summed E-state index contributed by atoms with van der Waals surface area (Å²) in [4.78, 5) is 4.86. The molecule has 3 aromatic carbocycles. The van der Waals surface area contributed by atoms with Crippen molar-refractivity contribution in [3.05, 3.63) is 107 Å². The van der Waals surface area contributed by atoms with Gasteiger partial charge in [0.25, 0.3) is 0 Å². The Hall–Kier alpha value is -2.92. The van der Waals surface area contributed by atoms with Crippen molar-refractivity contribution in [2.75, 3.05) is 20.2 Å². The summed E-state index contributed by atoms with van der Waals surface area (Å²) < 4.78 is 6.07. The van der Waals surface area contributed by atoms with E-state index in [9.17, 15) is 5.11 Å². The van der Waals surface area contributed by atoms with Crippen LogP contribution in [0.2, 0.25) is 5.02 Å². The van der Waals surface area contributed by atoms with Crippen molar-refractivity contribution in [3.8, 4) is 5.88 Å². The molecule has 0 saturated heterocycles. The number of nitrogens with one attached hydrogen (secondary N) is 1. The third kappa shape index (κ3) is 6.02. The van der Waals surface area contributed by atoms with E-state index in [0.717, 1.165) is 28.5 Å². The molecule has 0 aliphatic carbocycles. The van der Waals surface area contributed by atoms with Crippen molar-refractivity contribution in [2.45, 2.75) is 37.7 Å². The normalized spacial score (nSPS) is 13.9. The first-order valence-corrected chi connectivity index (χ1v) is 12.6. The second-order valence-corrected chi connectivity index (χ2v) is 9.38. The van der Waals surface area contributed by atoms with E-state index in [2.05, 4.69) is 35.6 Å². The van der Waals surface area contributed by atoms with Crippen molar-refractivity contribution < 1.29 is 9.84 Å². The maximum atomic E-state index is 12.4. The largest absolute Gasteiger partial charge is 0.478 e. The minimum Gasteiger partial charge on any atom is -0.478 e. The Morgan fingerprint density at radius 3 is 2.37 bits per heavy atom. The maximum absolute atomic E-state index is 12.4. The fraction of sp³-hybridized carbons (Fsp3) is 0.300. The smallest absolute Gasteiger partial charge is 0.217 e. The Labute approximate surface area is 212 Å². The molecule has 0 bridgehead atoms. The Kier molecular flexibility index (Phi) is 8.40. The third-order valence-electron chi connectivity index (χ3n) is 6.53. The number of hydrogen-bond acceptors (Lipinski definition) is 4. The van der Waals surface area contributed by atoms with Crippen LogP contribution in [-0.2, 0) is 6.42 Å². The van der Waals surface area contributed by atoms with E-state index < -0.39 is 5.60 Å². The molecule has 0 amide bonds. The molecule has 1 aromatic heterocycles. The summed E-state index contributed by atoms with van der Waals surface area (Å²) in [5.41, 5.74) is 2.88. The number of aliphatic hydroxyl groups is 1. The van der Waals surface area contributed by atoms with E-state index in [1.807, 2.05) is 68.6 Å². The maximum Gasteiger partial charge on any atom is 0.217 e. The van der Waals surface area contributed by atoms with Crippen molar-refractivity contribution in [3.63, 3.8) is 0 Å². The molecule has 2 atom stereocenters. The van der Waals surface area contributed by atoms with E-state index in [4.69, 9.17) is 21.3 Å². The van der Waals surface area contributed by atoms with Gasteiger partial charge in [-0.25, -0.2) is 4.98 Å². The lowest BCUT2D eigenvalue weighted by atomic mass is 9.72. The van der Waals surface area contributed by atoms with Crippen LogP contribution in [0.1, 0.15) is 42.4 Å². The lowest BCUT2D eigenvalue weighted by Gasteiger charge is -2.38. The number of benzene rings is 3. The van der Waals surface area contributed by atoms with Crippen LogP contribution in [0, 0.1) is 0 Å². The predicted molar refractivity (Wildman–Crippen MR) is 144 cm³/mol. The zero-order chi connectivity index (χ0) is 24.7. The van der Waals surface area contributed by atoms with E-state index in [1.54, 1.807) is 0 Å². The Balaban J connectivity index is 1.88. The molecule has 0 spiro atoms. The number of hydrogen-bond donors (Lipinski definition) is 2. The first kappa shape index (κ1) is 25.2. The highest BCUT2D eigenvalue weighted by atomic mass is 35.5. The minimum atomic E-state index is -1.04. The van der Waals surface area contributed by atoms with Crippen molar-refractivity contribution in [2.24, 2.45) is 0 Å². The molecule has 1 heterocycles. The Morgan fingerprint density at radius 1 is 0.971 bits per heavy atom. The van der Waals surface area contributed by atoms with Gasteiger partial charge in [0.2, 0.25) is 5.88 Å². The van der Waals surface area contributed by atoms with Gasteiger partial charge in [-0.3, -0.25) is 0 Å². The van der Waals surface area contributed by atoms with Gasteiger partial charge in [-0.05, 0) is 75.2 Å². The Morgan fingerprint density at radius 2 is 1.69 bits per heavy atom. The molecule has 4 rings (SSSR count). The van der Waals surface area contributed by atoms with E-state index in [0.29, 0.717) is 36.9 Å². The van der Waals surface area contributed by atoms with Crippen LogP contribution >= 0.6 is 11.6 Å². The number of nitrogens with zero attached hydrogens (tertiary/aromatic N) is 1. The quantitative estimate of drug-likeness (QED) is 0.257. The standard InChI is InChI=1S/C30H33ClN2O2/c1-3-35-29-26(21-24-20-25(31)14-15-27(24)33-29)28(23-12-8-5-9-13-23)30(34,18-19-32-2)17-16-22-10-6-4-7-11-22/h4-15,20-21,28,32,34H,3,16-19H2,1-2H3. The molecule has 182 valence electrons. The summed E-state index contributed by atoms with van der Waals surface area (Å²) in [6.45, 7) is 3.13. The van der Waals surface area contributed by atoms with Crippen LogP contribution < -0.4 is 10.1 Å². The molecule has 0 aliphatic rings. The van der Waals surface area contributed by atoms with Crippen LogP contribution in [0.5, 0.6) is 5.88 Å². The van der Waals surface area contributed by atoms with Crippen molar-refractivity contribution in [1.82, 2.24) is 10.3 Å². The highest BCUT2D eigenvalue weighted by Crippen LogP contribution is 2.44. The highest BCUT2D eigenvalue weighted by molar-refractivity contribution is 6.31. The zero-order valence-corrected chi connectivity index (χ0v) is 21.1. The van der Waals surface area contributed by atoms with Crippen LogP contribution in [0.25, 0.3) is 10.9 Å². The van der Waals surface area contributed by atoms with E-state index in [1.165, 1.54) is 5.56 Å². The van der Waals surface area contributed by atoms with Gasteiger partial charge in [0.15, 0.2) is 0 Å². The number of fused-ring (bicyclic) bond motifs is 1. The van der Waals surface area contributed by atoms with E-state index in [-0.39, 0.29) is 5.92 Å². The van der Waals surface area contributed by atoms with Gasteiger partial charge < -0.3 is 15.2 Å². The summed E-state index contributed by atoms with van der Waals surface area (Å²) in [6, 6.07) is 28.3.